The zero-order chi connectivity index (χ0) is 14.7. The second kappa shape index (κ2) is 6.44. The van der Waals surface area contributed by atoms with Crippen LogP contribution in [0.2, 0.25) is 0 Å². The summed E-state index contributed by atoms with van der Waals surface area (Å²) in [7, 11) is 2.14. The second-order valence-corrected chi connectivity index (χ2v) is 6.22. The lowest BCUT2D eigenvalue weighted by Crippen LogP contribution is -2.34. The van der Waals surface area contributed by atoms with Crippen molar-refractivity contribution in [2.75, 3.05) is 7.05 Å². The van der Waals surface area contributed by atoms with Crippen molar-refractivity contribution >= 4 is 0 Å². The van der Waals surface area contributed by atoms with Crippen molar-refractivity contribution in [2.24, 2.45) is 0 Å². The number of hydrogen-bond donors (Lipinski definition) is 1. The third-order valence-corrected chi connectivity index (χ3v) is 4.31. The van der Waals surface area contributed by atoms with Gasteiger partial charge in [0, 0.05) is 30.4 Å². The van der Waals surface area contributed by atoms with Crippen LogP contribution in [0.4, 0.5) is 0 Å². The number of nitrogens with zero attached hydrogens (tertiary/aromatic N) is 2. The van der Waals surface area contributed by atoms with Crippen molar-refractivity contribution in [2.45, 2.75) is 64.6 Å². The van der Waals surface area contributed by atoms with Crippen molar-refractivity contribution in [3.05, 3.63) is 28.2 Å². The Kier molecular flexibility index (Phi) is 4.86. The highest BCUT2D eigenvalue weighted by Gasteiger charge is 2.19. The lowest BCUT2D eigenvalue weighted by atomic mass is 9.94. The minimum atomic E-state index is -0.283. The first-order chi connectivity index (χ1) is 9.49. The van der Waals surface area contributed by atoms with Gasteiger partial charge in [0.15, 0.2) is 5.75 Å². The van der Waals surface area contributed by atoms with Crippen molar-refractivity contribution in [1.29, 1.82) is 0 Å². The largest absolute Gasteiger partial charge is 0.503 e. The first-order valence-corrected chi connectivity index (χ1v) is 7.63. The third-order valence-electron chi connectivity index (χ3n) is 4.31. The summed E-state index contributed by atoms with van der Waals surface area (Å²) < 4.78 is 2.00. The van der Waals surface area contributed by atoms with Crippen LogP contribution in [0.25, 0.3) is 0 Å². The fourth-order valence-electron chi connectivity index (χ4n) is 3.09. The van der Waals surface area contributed by atoms with Crippen molar-refractivity contribution in [3.63, 3.8) is 0 Å². The van der Waals surface area contributed by atoms with E-state index in [1.165, 1.54) is 32.1 Å². The summed E-state index contributed by atoms with van der Waals surface area (Å²) in [5.41, 5.74) is 0.699. The minimum Gasteiger partial charge on any atom is -0.503 e. The van der Waals surface area contributed by atoms with E-state index < -0.39 is 0 Å². The van der Waals surface area contributed by atoms with E-state index in [0.29, 0.717) is 6.04 Å². The summed E-state index contributed by atoms with van der Waals surface area (Å²) in [6, 6.07) is 2.43. The van der Waals surface area contributed by atoms with E-state index >= 15 is 0 Å². The SMILES string of the molecule is CC(C)n1cc(O)c(=O)cc1CN(C)C1CCCCC1. The molecule has 1 aliphatic rings. The fourth-order valence-corrected chi connectivity index (χ4v) is 3.09. The van der Waals surface area contributed by atoms with Crippen LogP contribution in [0.3, 0.4) is 0 Å². The number of rotatable bonds is 4. The second-order valence-electron chi connectivity index (χ2n) is 6.22. The zero-order valence-corrected chi connectivity index (χ0v) is 12.8. The van der Waals surface area contributed by atoms with Crippen molar-refractivity contribution in [1.82, 2.24) is 9.47 Å². The Labute approximate surface area is 121 Å². The molecule has 0 saturated heterocycles. The summed E-state index contributed by atoms with van der Waals surface area (Å²) in [6.45, 7) is 4.89. The predicted molar refractivity (Wildman–Crippen MR) is 81.1 cm³/mol. The van der Waals surface area contributed by atoms with Gasteiger partial charge in [-0.15, -0.1) is 0 Å². The molecule has 0 spiro atoms. The van der Waals surface area contributed by atoms with Gasteiger partial charge < -0.3 is 9.67 Å². The molecule has 0 aliphatic heterocycles. The summed E-state index contributed by atoms with van der Waals surface area (Å²) in [5.74, 6) is -0.164. The molecule has 0 amide bonds. The fraction of sp³-hybridized carbons (Fsp3) is 0.688. The molecular formula is C16H26N2O2. The van der Waals surface area contributed by atoms with Gasteiger partial charge in [0.1, 0.15) is 0 Å². The number of hydrogen-bond acceptors (Lipinski definition) is 3. The van der Waals surface area contributed by atoms with E-state index in [9.17, 15) is 9.90 Å². The Morgan fingerprint density at radius 1 is 1.35 bits per heavy atom. The number of pyridine rings is 1. The van der Waals surface area contributed by atoms with Crippen LogP contribution in [-0.4, -0.2) is 27.7 Å². The molecule has 2 rings (SSSR count). The van der Waals surface area contributed by atoms with Gasteiger partial charge >= 0.3 is 0 Å². The smallest absolute Gasteiger partial charge is 0.223 e. The van der Waals surface area contributed by atoms with E-state index in [2.05, 4.69) is 25.8 Å². The van der Waals surface area contributed by atoms with E-state index in [1.54, 1.807) is 12.3 Å². The molecule has 1 aromatic heterocycles. The van der Waals surface area contributed by atoms with E-state index in [1.807, 2.05) is 4.57 Å². The Hall–Kier alpha value is -1.29. The minimum absolute atomic E-state index is 0.164. The van der Waals surface area contributed by atoms with Crippen LogP contribution in [0.5, 0.6) is 5.75 Å². The monoisotopic (exact) mass is 278 g/mol. The van der Waals surface area contributed by atoms with Crippen LogP contribution in [0.15, 0.2) is 17.1 Å². The zero-order valence-electron chi connectivity index (χ0n) is 12.8. The Morgan fingerprint density at radius 2 is 2.00 bits per heavy atom. The Bertz CT molecular complexity index is 502. The molecule has 0 bridgehead atoms. The van der Waals surface area contributed by atoms with Gasteiger partial charge in [-0.1, -0.05) is 19.3 Å². The molecule has 0 aromatic carbocycles. The lowest BCUT2D eigenvalue weighted by molar-refractivity contribution is 0.179. The molecule has 1 saturated carbocycles. The molecule has 0 radical (unpaired) electrons. The molecule has 1 heterocycles. The van der Waals surface area contributed by atoms with Gasteiger partial charge in [0.05, 0.1) is 6.20 Å². The quantitative estimate of drug-likeness (QED) is 0.921. The molecule has 1 N–H and O–H groups in total. The van der Waals surface area contributed by atoms with Crippen LogP contribution in [0.1, 0.15) is 57.7 Å². The van der Waals surface area contributed by atoms with Gasteiger partial charge in [-0.2, -0.15) is 0 Å². The standard InChI is InChI=1S/C16H26N2O2/c1-12(2)18-11-16(20)15(19)9-14(18)10-17(3)13-7-5-4-6-8-13/h9,11-13,20H,4-8,10H2,1-3H3. The van der Waals surface area contributed by atoms with Crippen LogP contribution < -0.4 is 5.43 Å². The van der Waals surface area contributed by atoms with Crippen LogP contribution >= 0.6 is 0 Å². The predicted octanol–water partition coefficient (Wildman–Crippen LogP) is 2.90. The number of aromatic hydroxyl groups is 1. The molecule has 0 unspecified atom stereocenters. The van der Waals surface area contributed by atoms with Gasteiger partial charge in [0.25, 0.3) is 0 Å². The first-order valence-electron chi connectivity index (χ1n) is 7.63. The molecule has 4 heteroatoms. The first kappa shape index (κ1) is 15.1. The maximum absolute atomic E-state index is 11.7. The molecule has 4 nitrogen and oxygen atoms in total. The van der Waals surface area contributed by atoms with Crippen molar-refractivity contribution in [3.8, 4) is 5.75 Å². The maximum atomic E-state index is 11.7. The summed E-state index contributed by atoms with van der Waals surface area (Å²) in [5, 5.41) is 9.61. The Morgan fingerprint density at radius 3 is 2.60 bits per heavy atom. The molecular weight excluding hydrogens is 252 g/mol. The van der Waals surface area contributed by atoms with E-state index in [0.717, 1.165) is 12.2 Å². The van der Waals surface area contributed by atoms with E-state index in [4.69, 9.17) is 0 Å². The maximum Gasteiger partial charge on any atom is 0.223 e. The highest BCUT2D eigenvalue weighted by atomic mass is 16.3. The average Bonchev–Trinajstić information content (AvgIpc) is 2.43. The molecule has 1 aromatic rings. The molecule has 112 valence electrons. The van der Waals surface area contributed by atoms with Gasteiger partial charge in [-0.25, -0.2) is 0 Å². The highest BCUT2D eigenvalue weighted by molar-refractivity contribution is 5.21. The molecule has 1 fully saturated rings. The summed E-state index contributed by atoms with van der Waals surface area (Å²) in [4.78, 5) is 14.0. The lowest BCUT2D eigenvalue weighted by Gasteiger charge is -2.32. The van der Waals surface area contributed by atoms with Gasteiger partial charge in [-0.3, -0.25) is 9.69 Å². The highest BCUT2D eigenvalue weighted by Crippen LogP contribution is 2.23. The molecule has 0 atom stereocenters. The normalized spacial score (nSPS) is 17.1. The number of aromatic nitrogens is 1. The topological polar surface area (TPSA) is 45.5 Å². The van der Waals surface area contributed by atoms with Gasteiger partial charge in [-0.05, 0) is 33.7 Å². The van der Waals surface area contributed by atoms with Crippen molar-refractivity contribution < 1.29 is 5.11 Å². The Balaban J connectivity index is 2.19. The molecule has 1 aliphatic carbocycles. The van der Waals surface area contributed by atoms with Crippen LogP contribution in [-0.2, 0) is 6.54 Å². The average molecular weight is 278 g/mol. The van der Waals surface area contributed by atoms with E-state index in [-0.39, 0.29) is 17.2 Å². The summed E-state index contributed by atoms with van der Waals surface area (Å²) >= 11 is 0. The molecule has 20 heavy (non-hydrogen) atoms. The van der Waals surface area contributed by atoms with Gasteiger partial charge in [0.2, 0.25) is 5.43 Å². The third kappa shape index (κ3) is 3.42. The summed E-state index contributed by atoms with van der Waals surface area (Å²) in [6.07, 6.45) is 8.03. The van der Waals surface area contributed by atoms with Crippen LogP contribution in [0, 0.1) is 0 Å².